The first-order valence-electron chi connectivity index (χ1n) is 18.5. The molecule has 2 saturated carbocycles. The van der Waals surface area contributed by atoms with Crippen LogP contribution in [0.5, 0.6) is 0 Å². The molecule has 4 rings (SSSR count). The fraction of sp³-hybridized carbons (Fsp3) is 0.833. The van der Waals surface area contributed by atoms with Gasteiger partial charge in [0, 0.05) is 50.4 Å². The summed E-state index contributed by atoms with van der Waals surface area (Å²) in [5.74, 6) is -1.53. The first-order valence-corrected chi connectivity index (χ1v) is 18.5. The number of rotatable bonds is 18. The third kappa shape index (κ3) is 8.31. The normalized spacial score (nSPS) is 32.5. The van der Waals surface area contributed by atoms with Gasteiger partial charge in [-0.2, -0.15) is 0 Å². The lowest BCUT2D eigenvalue weighted by Gasteiger charge is -2.37. The Morgan fingerprint density at radius 1 is 1.17 bits per heavy atom. The van der Waals surface area contributed by atoms with Crippen LogP contribution in [0.4, 0.5) is 0 Å². The number of nitrogens with two attached hydrogens (primary N) is 2. The Morgan fingerprint density at radius 3 is 2.54 bits per heavy atom. The van der Waals surface area contributed by atoms with Gasteiger partial charge in [-0.25, -0.2) is 4.79 Å². The van der Waals surface area contributed by atoms with Gasteiger partial charge < -0.3 is 42.0 Å². The second-order valence-corrected chi connectivity index (χ2v) is 14.5. The molecule has 0 spiro atoms. The van der Waals surface area contributed by atoms with Crippen LogP contribution in [-0.4, -0.2) is 91.4 Å². The summed E-state index contributed by atoms with van der Waals surface area (Å²) in [5, 5.41) is 19.7. The van der Waals surface area contributed by atoms with Crippen LogP contribution >= 0.6 is 0 Å². The number of aliphatic imine (C=N–C) groups is 1. The molecule has 2 aliphatic carbocycles. The van der Waals surface area contributed by atoms with Crippen molar-refractivity contribution in [3.8, 4) is 0 Å². The van der Waals surface area contributed by atoms with Crippen molar-refractivity contribution in [2.24, 2.45) is 40.1 Å². The maximum atomic E-state index is 14.4. The second kappa shape index (κ2) is 17.5. The average molecular weight is 675 g/mol. The number of ketones is 2. The molecular formula is C36H62N6O6. The van der Waals surface area contributed by atoms with E-state index in [2.05, 4.69) is 27.9 Å². The van der Waals surface area contributed by atoms with E-state index in [1.165, 1.54) is 0 Å². The Kier molecular flexibility index (Phi) is 14.0. The number of guanidine groups is 1. The summed E-state index contributed by atoms with van der Waals surface area (Å²) in [6.07, 6.45) is 10.5. The second-order valence-electron chi connectivity index (χ2n) is 14.5. The van der Waals surface area contributed by atoms with Gasteiger partial charge >= 0.3 is 5.97 Å². The molecule has 2 aliphatic heterocycles. The Bertz CT molecular complexity index is 1170. The lowest BCUT2D eigenvalue weighted by Crippen LogP contribution is -2.58. The lowest BCUT2D eigenvalue weighted by atomic mass is 9.61. The molecule has 0 aromatic carbocycles. The molecule has 2 saturated heterocycles. The molecule has 0 aromatic rings. The molecule has 0 amide bonds. The van der Waals surface area contributed by atoms with E-state index in [0.29, 0.717) is 44.6 Å². The average Bonchev–Trinajstić information content (AvgIpc) is 3.80. The van der Waals surface area contributed by atoms with Crippen molar-refractivity contribution in [3.05, 3.63) is 11.6 Å². The van der Waals surface area contributed by atoms with Crippen molar-refractivity contribution in [2.75, 3.05) is 33.3 Å². The van der Waals surface area contributed by atoms with E-state index in [1.54, 1.807) is 7.05 Å². The van der Waals surface area contributed by atoms with Gasteiger partial charge in [0.05, 0.1) is 6.17 Å². The number of aliphatic hydroxyl groups excluding tert-OH is 1. The summed E-state index contributed by atoms with van der Waals surface area (Å²) in [6, 6.07) is -0.0269. The minimum Gasteiger partial charge on any atom is -0.459 e. The minimum absolute atomic E-state index is 0.00977. The maximum absolute atomic E-state index is 14.4. The highest BCUT2D eigenvalue weighted by Crippen LogP contribution is 2.61. The van der Waals surface area contributed by atoms with Gasteiger partial charge in [-0.1, -0.05) is 51.2 Å². The molecular weight excluding hydrogens is 612 g/mol. The van der Waals surface area contributed by atoms with Crippen molar-refractivity contribution in [1.29, 1.82) is 0 Å². The molecule has 272 valence electrons. The number of epoxide rings is 1. The molecule has 48 heavy (non-hydrogen) atoms. The molecule has 0 radical (unpaired) electrons. The van der Waals surface area contributed by atoms with E-state index < -0.39 is 35.1 Å². The highest BCUT2D eigenvalue weighted by molar-refractivity contribution is 6.23. The van der Waals surface area contributed by atoms with Crippen molar-refractivity contribution in [2.45, 2.75) is 134 Å². The third-order valence-electron chi connectivity index (χ3n) is 11.2. The summed E-state index contributed by atoms with van der Waals surface area (Å²) in [6.45, 7) is 8.37. The Morgan fingerprint density at radius 2 is 1.90 bits per heavy atom. The molecule has 0 bridgehead atoms. The molecule has 9 atom stereocenters. The van der Waals surface area contributed by atoms with E-state index in [0.717, 1.165) is 63.6 Å². The number of Topliss-reactive ketones (excluding diaryl/α,β-unsaturated/α-hetero) is 2. The number of hydrogen-bond donors (Lipinski definition) is 6. The van der Waals surface area contributed by atoms with Gasteiger partial charge in [-0.05, 0) is 77.3 Å². The van der Waals surface area contributed by atoms with Crippen LogP contribution in [0.15, 0.2) is 16.6 Å². The summed E-state index contributed by atoms with van der Waals surface area (Å²) in [5.41, 5.74) is 9.83. The fourth-order valence-corrected chi connectivity index (χ4v) is 8.43. The third-order valence-corrected chi connectivity index (χ3v) is 11.2. The van der Waals surface area contributed by atoms with Gasteiger partial charge in [-0.15, -0.1) is 0 Å². The maximum Gasteiger partial charge on any atom is 0.350 e. The van der Waals surface area contributed by atoms with Crippen LogP contribution in [0.2, 0.25) is 0 Å². The smallest absolute Gasteiger partial charge is 0.350 e. The number of carbonyl (C=O) groups excluding carboxylic acids is 3. The van der Waals surface area contributed by atoms with E-state index in [-0.39, 0.29) is 48.6 Å². The van der Waals surface area contributed by atoms with Crippen LogP contribution in [0.1, 0.15) is 104 Å². The molecule has 12 nitrogen and oxygen atoms in total. The van der Waals surface area contributed by atoms with Crippen molar-refractivity contribution in [1.82, 2.24) is 16.0 Å². The summed E-state index contributed by atoms with van der Waals surface area (Å²) >= 11 is 0. The van der Waals surface area contributed by atoms with Gasteiger partial charge in [-0.3, -0.25) is 14.6 Å². The summed E-state index contributed by atoms with van der Waals surface area (Å²) in [4.78, 5) is 47.1. The van der Waals surface area contributed by atoms with Crippen LogP contribution in [-0.2, 0) is 23.9 Å². The molecule has 4 fully saturated rings. The number of unbranched alkanes of at least 4 members (excludes halogenated alkanes) is 1. The predicted octanol–water partition coefficient (Wildman–Crippen LogP) is 2.47. The topological polar surface area (TPSA) is 194 Å². The largest absolute Gasteiger partial charge is 0.459 e. The quantitative estimate of drug-likeness (QED) is 0.0312. The SMILES string of the molecule is CCCCC(CNCC)C(CCCO)OC(=O)C12OC1(CC=C(C)CC(NC(N)=NC)C1CCNC(N)C1)C(=O)C1CCCCC1C2=O. The van der Waals surface area contributed by atoms with Crippen LogP contribution < -0.4 is 27.4 Å². The number of nitrogens with zero attached hydrogens (tertiary/aromatic N) is 1. The number of piperidine rings is 1. The molecule has 4 aliphatic rings. The lowest BCUT2D eigenvalue weighted by molar-refractivity contribution is -0.165. The zero-order chi connectivity index (χ0) is 34.9. The van der Waals surface area contributed by atoms with Crippen LogP contribution in [0.3, 0.4) is 0 Å². The van der Waals surface area contributed by atoms with E-state index in [1.807, 2.05) is 19.9 Å². The van der Waals surface area contributed by atoms with Crippen molar-refractivity contribution < 1.29 is 29.0 Å². The van der Waals surface area contributed by atoms with Gasteiger partial charge in [0.2, 0.25) is 0 Å². The summed E-state index contributed by atoms with van der Waals surface area (Å²) < 4.78 is 12.6. The van der Waals surface area contributed by atoms with Gasteiger partial charge in [0.1, 0.15) is 6.10 Å². The molecule has 0 aromatic heterocycles. The first kappa shape index (κ1) is 38.4. The highest BCUT2D eigenvalue weighted by atomic mass is 16.7. The predicted molar refractivity (Wildman–Crippen MR) is 186 cm³/mol. The number of aliphatic hydroxyl groups is 1. The number of nitrogens with one attached hydrogen (secondary N) is 3. The van der Waals surface area contributed by atoms with Crippen LogP contribution in [0, 0.1) is 23.7 Å². The molecule has 9 unspecified atom stereocenters. The minimum atomic E-state index is -1.93. The number of carbonyl (C=O) groups is 3. The number of hydrogen-bond acceptors (Lipinski definition) is 10. The van der Waals surface area contributed by atoms with E-state index in [4.69, 9.17) is 20.9 Å². The number of esters is 1. The molecule has 2 heterocycles. The highest BCUT2D eigenvalue weighted by Gasteiger charge is 2.87. The first-order chi connectivity index (χ1) is 23.1. The molecule has 8 N–H and O–H groups in total. The standard InChI is InChI=1S/C36H62N6O6/c1-5-7-11-25(22-40-6-2)29(14-10-19-43)47-33(46)36-32(45)27-13-9-8-12-26(27)31(44)35(36,48-36)17-15-23(3)20-28(42-34(38)39-4)24-16-18-41-30(37)21-24/h15,24-30,40-41,43H,5-14,16-22,37H2,1-4H3,(H3,38,39,42). The zero-order valence-electron chi connectivity index (χ0n) is 29.7. The van der Waals surface area contributed by atoms with E-state index in [9.17, 15) is 19.5 Å². The van der Waals surface area contributed by atoms with Crippen molar-refractivity contribution >= 4 is 23.5 Å². The monoisotopic (exact) mass is 674 g/mol. The van der Waals surface area contributed by atoms with Crippen molar-refractivity contribution in [3.63, 3.8) is 0 Å². The molecule has 12 heteroatoms. The summed E-state index contributed by atoms with van der Waals surface area (Å²) in [7, 11) is 1.64. The Hall–Kier alpha value is -2.38. The fourth-order valence-electron chi connectivity index (χ4n) is 8.43. The van der Waals surface area contributed by atoms with Gasteiger partial charge in [0.25, 0.3) is 5.60 Å². The number of ether oxygens (including phenoxy) is 2. The Labute approximate surface area is 287 Å². The number of fused-ring (bicyclic) bond motifs is 2. The zero-order valence-corrected chi connectivity index (χ0v) is 29.7. The van der Waals surface area contributed by atoms with Crippen LogP contribution in [0.25, 0.3) is 0 Å². The Balaban J connectivity index is 1.61. The van der Waals surface area contributed by atoms with Gasteiger partial charge in [0.15, 0.2) is 23.1 Å². The van der Waals surface area contributed by atoms with E-state index >= 15 is 0 Å².